The zero-order valence-corrected chi connectivity index (χ0v) is 9.00. The number of carbonyl (C=O) groups is 1. The van der Waals surface area contributed by atoms with Crippen molar-refractivity contribution in [2.45, 2.75) is 58.0 Å². The lowest BCUT2D eigenvalue weighted by Gasteiger charge is -2.22. The molecule has 0 aromatic carbocycles. The molecule has 2 fully saturated rings. The highest BCUT2D eigenvalue weighted by Gasteiger charge is 2.33. The number of hydrogen-bond donors (Lipinski definition) is 0. The minimum absolute atomic E-state index is 0.0584. The van der Waals surface area contributed by atoms with E-state index in [1.165, 1.54) is 32.1 Å². The molecule has 2 rings (SSSR count). The van der Waals surface area contributed by atoms with Crippen LogP contribution < -0.4 is 0 Å². The van der Waals surface area contributed by atoms with Gasteiger partial charge in [0.1, 0.15) is 0 Å². The first kappa shape index (κ1) is 10.0. The lowest BCUT2D eigenvalue weighted by Crippen LogP contribution is -2.15. The van der Waals surface area contributed by atoms with Crippen molar-refractivity contribution in [2.75, 3.05) is 0 Å². The van der Waals surface area contributed by atoms with Gasteiger partial charge >= 0.3 is 5.97 Å². The molecule has 0 bridgehead atoms. The van der Waals surface area contributed by atoms with Crippen LogP contribution in [-0.4, -0.2) is 12.1 Å². The van der Waals surface area contributed by atoms with Crippen LogP contribution in [-0.2, 0) is 9.53 Å². The van der Waals surface area contributed by atoms with E-state index in [2.05, 4.69) is 0 Å². The van der Waals surface area contributed by atoms with Gasteiger partial charge in [-0.2, -0.15) is 0 Å². The van der Waals surface area contributed by atoms with Crippen molar-refractivity contribution in [2.24, 2.45) is 11.8 Å². The molecule has 80 valence electrons. The van der Waals surface area contributed by atoms with Gasteiger partial charge in [0.15, 0.2) is 0 Å². The third kappa shape index (κ3) is 2.28. The van der Waals surface area contributed by atoms with Gasteiger partial charge in [-0.05, 0) is 25.7 Å². The van der Waals surface area contributed by atoms with Crippen molar-refractivity contribution in [3.8, 4) is 0 Å². The average molecular weight is 196 g/mol. The minimum atomic E-state index is 0.0584. The van der Waals surface area contributed by atoms with Crippen molar-refractivity contribution in [3.05, 3.63) is 0 Å². The van der Waals surface area contributed by atoms with E-state index in [0.717, 1.165) is 18.8 Å². The van der Waals surface area contributed by atoms with Gasteiger partial charge in [0.2, 0.25) is 0 Å². The zero-order chi connectivity index (χ0) is 9.97. The summed E-state index contributed by atoms with van der Waals surface area (Å²) in [5.41, 5.74) is 0. The normalized spacial score (nSPS) is 34.5. The second-order valence-electron chi connectivity index (χ2n) is 4.92. The highest BCUT2D eigenvalue weighted by atomic mass is 16.5. The van der Waals surface area contributed by atoms with Crippen molar-refractivity contribution < 1.29 is 9.53 Å². The third-order valence-electron chi connectivity index (χ3n) is 3.61. The molecule has 0 spiro atoms. The van der Waals surface area contributed by atoms with Crippen LogP contribution in [0.2, 0.25) is 0 Å². The number of cyclic esters (lactones) is 1. The minimum Gasteiger partial charge on any atom is -0.462 e. The lowest BCUT2D eigenvalue weighted by atomic mass is 9.82. The molecule has 2 heteroatoms. The molecular weight excluding hydrogens is 176 g/mol. The number of hydrogen-bond acceptors (Lipinski definition) is 2. The van der Waals surface area contributed by atoms with E-state index in [1.807, 2.05) is 6.92 Å². The molecule has 0 unspecified atom stereocenters. The van der Waals surface area contributed by atoms with Crippen LogP contribution in [0.5, 0.6) is 0 Å². The molecular formula is C12H20O2. The molecule has 0 aromatic heterocycles. The summed E-state index contributed by atoms with van der Waals surface area (Å²) in [7, 11) is 0. The first-order valence-electron chi connectivity index (χ1n) is 5.96. The highest BCUT2D eigenvalue weighted by Crippen LogP contribution is 2.33. The topological polar surface area (TPSA) is 26.3 Å². The van der Waals surface area contributed by atoms with E-state index in [1.54, 1.807) is 0 Å². The van der Waals surface area contributed by atoms with Gasteiger partial charge in [-0.25, -0.2) is 0 Å². The fourth-order valence-electron chi connectivity index (χ4n) is 2.86. The molecule has 14 heavy (non-hydrogen) atoms. The van der Waals surface area contributed by atoms with Crippen molar-refractivity contribution in [1.82, 2.24) is 0 Å². The Kier molecular flexibility index (Phi) is 3.09. The van der Waals surface area contributed by atoms with Gasteiger partial charge < -0.3 is 4.74 Å². The maximum atomic E-state index is 11.4. The Morgan fingerprint density at radius 1 is 1.29 bits per heavy atom. The molecule has 2 atom stereocenters. The predicted octanol–water partition coefficient (Wildman–Crippen LogP) is 2.91. The standard InChI is InChI=1S/C12H20O2/c1-9-7-11(12(13)14-9)8-10-5-3-2-4-6-10/h9-11H,2-8H2,1H3/t9-,11-/m0/s1. The summed E-state index contributed by atoms with van der Waals surface area (Å²) in [4.78, 5) is 11.4. The smallest absolute Gasteiger partial charge is 0.309 e. The van der Waals surface area contributed by atoms with Gasteiger partial charge in [0, 0.05) is 0 Å². The molecule has 1 aliphatic carbocycles. The molecule has 1 saturated heterocycles. The Morgan fingerprint density at radius 2 is 2.00 bits per heavy atom. The van der Waals surface area contributed by atoms with Crippen LogP contribution in [0.15, 0.2) is 0 Å². The summed E-state index contributed by atoms with van der Waals surface area (Å²) < 4.78 is 5.18. The van der Waals surface area contributed by atoms with Crippen LogP contribution in [0.1, 0.15) is 51.9 Å². The second kappa shape index (κ2) is 4.33. The molecule has 2 aliphatic rings. The number of ether oxygens (including phenoxy) is 1. The largest absolute Gasteiger partial charge is 0.462 e. The lowest BCUT2D eigenvalue weighted by molar-refractivity contribution is -0.144. The summed E-state index contributed by atoms with van der Waals surface area (Å²) in [5, 5.41) is 0. The molecule has 1 heterocycles. The third-order valence-corrected chi connectivity index (χ3v) is 3.61. The maximum absolute atomic E-state index is 11.4. The fraction of sp³-hybridized carbons (Fsp3) is 0.917. The van der Waals surface area contributed by atoms with Gasteiger partial charge in [0.05, 0.1) is 12.0 Å². The zero-order valence-electron chi connectivity index (χ0n) is 9.00. The van der Waals surface area contributed by atoms with E-state index in [-0.39, 0.29) is 18.0 Å². The Hall–Kier alpha value is -0.530. The number of esters is 1. The van der Waals surface area contributed by atoms with Crippen molar-refractivity contribution >= 4 is 5.97 Å². The SMILES string of the molecule is C[C@H]1C[C@@H](CC2CCCCC2)C(=O)O1. The number of carbonyl (C=O) groups excluding carboxylic acids is 1. The van der Waals surface area contributed by atoms with Crippen LogP contribution in [0.4, 0.5) is 0 Å². The molecule has 0 N–H and O–H groups in total. The molecule has 1 aliphatic heterocycles. The van der Waals surface area contributed by atoms with Gasteiger partial charge in [-0.3, -0.25) is 4.79 Å². The average Bonchev–Trinajstić information content (AvgIpc) is 2.47. The first-order chi connectivity index (χ1) is 6.75. The Labute approximate surface area is 86.0 Å². The summed E-state index contributed by atoms with van der Waals surface area (Å²) >= 11 is 0. The van der Waals surface area contributed by atoms with Crippen LogP contribution in [0.3, 0.4) is 0 Å². The van der Waals surface area contributed by atoms with Gasteiger partial charge in [0.25, 0.3) is 0 Å². The molecule has 0 radical (unpaired) electrons. The summed E-state index contributed by atoms with van der Waals surface area (Å²) in [6, 6.07) is 0. The molecule has 0 aromatic rings. The van der Waals surface area contributed by atoms with Crippen LogP contribution in [0, 0.1) is 11.8 Å². The molecule has 0 amide bonds. The Balaban J connectivity index is 1.81. The van der Waals surface area contributed by atoms with E-state index in [4.69, 9.17) is 4.74 Å². The molecule has 2 nitrogen and oxygen atoms in total. The predicted molar refractivity (Wildman–Crippen MR) is 54.9 cm³/mol. The van der Waals surface area contributed by atoms with E-state index < -0.39 is 0 Å². The Morgan fingerprint density at radius 3 is 2.57 bits per heavy atom. The van der Waals surface area contributed by atoms with Crippen molar-refractivity contribution in [1.29, 1.82) is 0 Å². The fourth-order valence-corrected chi connectivity index (χ4v) is 2.86. The second-order valence-corrected chi connectivity index (χ2v) is 4.92. The number of rotatable bonds is 2. The van der Waals surface area contributed by atoms with E-state index >= 15 is 0 Å². The van der Waals surface area contributed by atoms with E-state index in [9.17, 15) is 4.79 Å². The van der Waals surface area contributed by atoms with Gasteiger partial charge in [-0.15, -0.1) is 0 Å². The molecule has 1 saturated carbocycles. The quantitative estimate of drug-likeness (QED) is 0.635. The monoisotopic (exact) mass is 196 g/mol. The van der Waals surface area contributed by atoms with Crippen molar-refractivity contribution in [3.63, 3.8) is 0 Å². The maximum Gasteiger partial charge on any atom is 0.309 e. The van der Waals surface area contributed by atoms with Crippen LogP contribution >= 0.6 is 0 Å². The highest BCUT2D eigenvalue weighted by molar-refractivity contribution is 5.74. The Bertz CT molecular complexity index is 206. The van der Waals surface area contributed by atoms with Gasteiger partial charge in [-0.1, -0.05) is 32.1 Å². The van der Waals surface area contributed by atoms with E-state index in [0.29, 0.717) is 0 Å². The summed E-state index contributed by atoms with van der Waals surface area (Å²) in [6.07, 6.45) is 8.98. The van der Waals surface area contributed by atoms with Crippen LogP contribution in [0.25, 0.3) is 0 Å². The summed E-state index contributed by atoms with van der Waals surface area (Å²) in [6.45, 7) is 2.00. The first-order valence-corrected chi connectivity index (χ1v) is 5.96. The summed E-state index contributed by atoms with van der Waals surface area (Å²) in [5.74, 6) is 1.07.